The molecule has 0 radical (unpaired) electrons. The topological polar surface area (TPSA) is 96.6 Å². The molecule has 1 aliphatic carbocycles. The predicted octanol–water partition coefficient (Wildman–Crippen LogP) is 3.41. The summed E-state index contributed by atoms with van der Waals surface area (Å²) < 4.78 is 5.61. The SMILES string of the molecule is CN/C=C(\N)c1ccc(Cc2cc(C(=O)NC3CCCC[C@@H]3O)c(OC)c(C)c2C)cc1. The summed E-state index contributed by atoms with van der Waals surface area (Å²) in [5.74, 6) is 0.395. The molecule has 32 heavy (non-hydrogen) atoms. The number of nitrogens with two attached hydrogens (primary N) is 1. The highest BCUT2D eigenvalue weighted by molar-refractivity contribution is 5.98. The van der Waals surface area contributed by atoms with Gasteiger partial charge in [0.1, 0.15) is 5.75 Å². The highest BCUT2D eigenvalue weighted by Gasteiger charge is 2.27. The average molecular weight is 438 g/mol. The van der Waals surface area contributed by atoms with E-state index in [4.69, 9.17) is 10.5 Å². The predicted molar refractivity (Wildman–Crippen MR) is 129 cm³/mol. The maximum Gasteiger partial charge on any atom is 0.255 e. The Morgan fingerprint density at radius 2 is 1.88 bits per heavy atom. The second kappa shape index (κ2) is 10.6. The second-order valence-corrected chi connectivity index (χ2v) is 8.56. The molecule has 0 spiro atoms. The van der Waals surface area contributed by atoms with Gasteiger partial charge in [0.25, 0.3) is 5.91 Å². The molecule has 0 aromatic heterocycles. The number of carbonyl (C=O) groups is 1. The molecule has 2 aromatic rings. The van der Waals surface area contributed by atoms with E-state index in [-0.39, 0.29) is 11.9 Å². The van der Waals surface area contributed by atoms with Crippen LogP contribution in [0.3, 0.4) is 0 Å². The summed E-state index contributed by atoms with van der Waals surface area (Å²) in [6.45, 7) is 4.04. The molecule has 0 saturated heterocycles. The molecule has 6 nitrogen and oxygen atoms in total. The Hall–Kier alpha value is -2.99. The molecular formula is C26H35N3O3. The molecule has 0 heterocycles. The molecular weight excluding hydrogens is 402 g/mol. The van der Waals surface area contributed by atoms with Crippen molar-refractivity contribution in [3.63, 3.8) is 0 Å². The molecule has 2 atom stereocenters. The summed E-state index contributed by atoms with van der Waals surface area (Å²) in [5, 5.41) is 16.2. The van der Waals surface area contributed by atoms with Crippen LogP contribution in [0.15, 0.2) is 36.5 Å². The van der Waals surface area contributed by atoms with Gasteiger partial charge in [-0.1, -0.05) is 37.1 Å². The van der Waals surface area contributed by atoms with Gasteiger partial charge in [0.2, 0.25) is 0 Å². The van der Waals surface area contributed by atoms with E-state index in [9.17, 15) is 9.90 Å². The molecule has 3 rings (SSSR count). The zero-order chi connectivity index (χ0) is 23.3. The van der Waals surface area contributed by atoms with Crippen molar-refractivity contribution in [3.05, 3.63) is 69.9 Å². The number of ether oxygens (including phenoxy) is 1. The van der Waals surface area contributed by atoms with Crippen LogP contribution in [0.5, 0.6) is 5.75 Å². The van der Waals surface area contributed by atoms with E-state index in [1.807, 2.05) is 32.2 Å². The van der Waals surface area contributed by atoms with Crippen molar-refractivity contribution in [1.29, 1.82) is 0 Å². The summed E-state index contributed by atoms with van der Waals surface area (Å²) in [6, 6.07) is 9.83. The van der Waals surface area contributed by atoms with Crippen LogP contribution in [0.2, 0.25) is 0 Å². The lowest BCUT2D eigenvalue weighted by molar-refractivity contribution is 0.0715. The van der Waals surface area contributed by atoms with Gasteiger partial charge in [0, 0.05) is 13.2 Å². The summed E-state index contributed by atoms with van der Waals surface area (Å²) in [5.41, 5.74) is 12.5. The van der Waals surface area contributed by atoms with Crippen molar-refractivity contribution in [3.8, 4) is 5.75 Å². The van der Waals surface area contributed by atoms with Gasteiger partial charge in [-0.25, -0.2) is 0 Å². The van der Waals surface area contributed by atoms with Crippen LogP contribution in [-0.2, 0) is 6.42 Å². The van der Waals surface area contributed by atoms with Crippen LogP contribution in [-0.4, -0.2) is 37.3 Å². The molecule has 5 N–H and O–H groups in total. The van der Waals surface area contributed by atoms with Gasteiger partial charge in [0.15, 0.2) is 0 Å². The number of benzene rings is 2. The minimum Gasteiger partial charge on any atom is -0.496 e. The maximum absolute atomic E-state index is 13.2. The molecule has 1 saturated carbocycles. The fourth-order valence-electron chi connectivity index (χ4n) is 4.38. The van der Waals surface area contributed by atoms with Crippen molar-refractivity contribution in [2.24, 2.45) is 5.73 Å². The summed E-state index contributed by atoms with van der Waals surface area (Å²) in [6.07, 6.45) is 5.50. The second-order valence-electron chi connectivity index (χ2n) is 8.56. The third kappa shape index (κ3) is 5.25. The Bertz CT molecular complexity index is 983. The normalized spacial score (nSPS) is 18.8. The van der Waals surface area contributed by atoms with Crippen molar-refractivity contribution < 1.29 is 14.6 Å². The van der Waals surface area contributed by atoms with Gasteiger partial charge in [-0.05, 0) is 67.0 Å². The number of rotatable bonds is 7. The van der Waals surface area contributed by atoms with Gasteiger partial charge < -0.3 is 26.2 Å². The van der Waals surface area contributed by atoms with Crippen LogP contribution in [0, 0.1) is 13.8 Å². The van der Waals surface area contributed by atoms with Crippen molar-refractivity contribution in [2.45, 2.75) is 58.1 Å². The van der Waals surface area contributed by atoms with E-state index in [1.165, 1.54) is 0 Å². The van der Waals surface area contributed by atoms with E-state index in [0.29, 0.717) is 23.4 Å². The Morgan fingerprint density at radius 1 is 1.19 bits per heavy atom. The van der Waals surface area contributed by atoms with Gasteiger partial charge in [-0.2, -0.15) is 0 Å². The van der Waals surface area contributed by atoms with E-state index in [0.717, 1.165) is 53.5 Å². The molecule has 172 valence electrons. The number of aliphatic hydroxyl groups excluding tert-OH is 1. The number of nitrogens with one attached hydrogen (secondary N) is 2. The molecule has 1 fully saturated rings. The highest BCUT2D eigenvalue weighted by Crippen LogP contribution is 2.31. The fourth-order valence-corrected chi connectivity index (χ4v) is 4.38. The van der Waals surface area contributed by atoms with E-state index in [2.05, 4.69) is 29.7 Å². The summed E-state index contributed by atoms with van der Waals surface area (Å²) in [7, 11) is 3.41. The minimum atomic E-state index is -0.493. The largest absolute Gasteiger partial charge is 0.496 e. The van der Waals surface area contributed by atoms with Gasteiger partial charge in [-0.15, -0.1) is 0 Å². The first kappa shape index (κ1) is 23.7. The Morgan fingerprint density at radius 3 is 2.50 bits per heavy atom. The number of aliphatic hydroxyl groups is 1. The third-order valence-corrected chi connectivity index (χ3v) is 6.42. The average Bonchev–Trinajstić information content (AvgIpc) is 2.79. The molecule has 0 bridgehead atoms. The number of hydrogen-bond acceptors (Lipinski definition) is 5. The summed E-state index contributed by atoms with van der Waals surface area (Å²) >= 11 is 0. The highest BCUT2D eigenvalue weighted by atomic mass is 16.5. The third-order valence-electron chi connectivity index (χ3n) is 6.42. The lowest BCUT2D eigenvalue weighted by Gasteiger charge is -2.29. The zero-order valence-electron chi connectivity index (χ0n) is 19.5. The minimum absolute atomic E-state index is 0.197. The summed E-state index contributed by atoms with van der Waals surface area (Å²) in [4.78, 5) is 13.2. The molecule has 6 heteroatoms. The van der Waals surface area contributed by atoms with Crippen LogP contribution in [0.25, 0.3) is 5.70 Å². The Balaban J connectivity index is 1.87. The van der Waals surface area contributed by atoms with Crippen LogP contribution in [0.1, 0.15) is 63.9 Å². The monoisotopic (exact) mass is 437 g/mol. The zero-order valence-corrected chi connectivity index (χ0v) is 19.5. The number of amides is 1. The van der Waals surface area contributed by atoms with Crippen molar-refractivity contribution >= 4 is 11.6 Å². The Kier molecular flexibility index (Phi) is 7.80. The first-order valence-electron chi connectivity index (χ1n) is 11.2. The fraction of sp³-hybridized carbons (Fsp3) is 0.423. The van der Waals surface area contributed by atoms with Crippen LogP contribution < -0.4 is 21.1 Å². The van der Waals surface area contributed by atoms with Gasteiger partial charge in [0.05, 0.1) is 30.5 Å². The number of methoxy groups -OCH3 is 1. The van der Waals surface area contributed by atoms with E-state index >= 15 is 0 Å². The van der Waals surface area contributed by atoms with E-state index < -0.39 is 6.10 Å². The van der Waals surface area contributed by atoms with Crippen molar-refractivity contribution in [1.82, 2.24) is 10.6 Å². The van der Waals surface area contributed by atoms with Gasteiger partial charge >= 0.3 is 0 Å². The molecule has 0 aliphatic heterocycles. The quantitative estimate of drug-likeness (QED) is 0.532. The maximum atomic E-state index is 13.2. The number of carbonyl (C=O) groups excluding carboxylic acids is 1. The standard InChI is InChI=1S/C26H35N3O3/c1-16-17(2)25(32-4)21(26(31)29-23-7-5-6-8-24(23)30)14-20(16)13-18-9-11-19(12-10-18)22(27)15-28-3/h9-12,14-15,23-24,28,30H,5-8,13,27H2,1-4H3,(H,29,31)/b22-15-/t23?,24-/m0/s1. The van der Waals surface area contributed by atoms with E-state index in [1.54, 1.807) is 13.3 Å². The van der Waals surface area contributed by atoms with Gasteiger partial charge in [-0.3, -0.25) is 4.79 Å². The molecule has 1 unspecified atom stereocenters. The Labute approximate surface area is 190 Å². The smallest absolute Gasteiger partial charge is 0.255 e. The number of hydrogen-bond donors (Lipinski definition) is 4. The lowest BCUT2D eigenvalue weighted by Crippen LogP contribution is -2.45. The van der Waals surface area contributed by atoms with Crippen LogP contribution in [0.4, 0.5) is 0 Å². The van der Waals surface area contributed by atoms with Crippen LogP contribution >= 0.6 is 0 Å². The molecule has 2 aromatic carbocycles. The molecule has 1 aliphatic rings. The lowest BCUT2D eigenvalue weighted by atomic mass is 9.91. The first-order valence-corrected chi connectivity index (χ1v) is 11.2. The molecule has 1 amide bonds. The first-order chi connectivity index (χ1) is 15.3. The van der Waals surface area contributed by atoms with Crippen molar-refractivity contribution in [2.75, 3.05) is 14.2 Å².